The second-order valence-electron chi connectivity index (χ2n) is 7.37. The monoisotopic (exact) mass is 320 g/mol. The number of Topliss-reactive ketones (excluding diaryl/α,β-unsaturated/α-hetero) is 1. The van der Waals surface area contributed by atoms with Gasteiger partial charge in [0.1, 0.15) is 11.2 Å². The van der Waals surface area contributed by atoms with Gasteiger partial charge in [-0.25, -0.2) is 0 Å². The fraction of sp³-hybridized carbons (Fsp3) is 0.889. The molecule has 3 rings (SSSR count). The van der Waals surface area contributed by atoms with E-state index in [9.17, 15) is 4.79 Å². The Morgan fingerprint density at radius 3 is 2.95 bits per heavy atom. The van der Waals surface area contributed by atoms with E-state index in [1.165, 1.54) is 56.7 Å². The van der Waals surface area contributed by atoms with Gasteiger partial charge in [0.2, 0.25) is 0 Å². The van der Waals surface area contributed by atoms with Crippen LogP contribution in [0.5, 0.6) is 0 Å². The maximum absolute atomic E-state index is 12.8. The summed E-state index contributed by atoms with van der Waals surface area (Å²) in [5, 5.41) is 11.2. The maximum Gasteiger partial charge on any atom is 0.139 e. The Kier molecular flexibility index (Phi) is 5.14. The molecule has 1 aliphatic carbocycles. The van der Waals surface area contributed by atoms with E-state index in [0.717, 1.165) is 25.0 Å². The number of hydrogen-bond acceptors (Lipinski definition) is 4. The van der Waals surface area contributed by atoms with E-state index in [0.29, 0.717) is 17.9 Å². The van der Waals surface area contributed by atoms with Crippen LogP contribution in [0, 0.1) is 16.6 Å². The molecule has 0 aromatic rings. The third-order valence-electron chi connectivity index (χ3n) is 6.27. The van der Waals surface area contributed by atoms with E-state index in [1.54, 1.807) is 0 Å². The molecule has 3 fully saturated rings. The summed E-state index contributed by atoms with van der Waals surface area (Å²) in [7, 11) is 0. The van der Waals surface area contributed by atoms with Crippen LogP contribution in [0.2, 0.25) is 0 Å². The van der Waals surface area contributed by atoms with Crippen molar-refractivity contribution in [3.63, 3.8) is 0 Å². The summed E-state index contributed by atoms with van der Waals surface area (Å²) >= 11 is 1.40. The molecule has 2 saturated heterocycles. The van der Waals surface area contributed by atoms with Crippen LogP contribution >= 0.6 is 11.8 Å². The molecule has 2 aliphatic heterocycles. The number of thiocyanates is 1. The van der Waals surface area contributed by atoms with Gasteiger partial charge in [0.15, 0.2) is 0 Å². The fourth-order valence-electron chi connectivity index (χ4n) is 5.45. The van der Waals surface area contributed by atoms with E-state index in [4.69, 9.17) is 5.26 Å². The summed E-state index contributed by atoms with van der Waals surface area (Å²) in [5.41, 5.74) is 0.159. The third kappa shape index (κ3) is 2.71. The Morgan fingerprint density at radius 2 is 2.18 bits per heavy atom. The van der Waals surface area contributed by atoms with Crippen molar-refractivity contribution in [2.45, 2.75) is 88.8 Å². The van der Waals surface area contributed by atoms with E-state index in [2.05, 4.69) is 17.2 Å². The van der Waals surface area contributed by atoms with Crippen LogP contribution in [0.1, 0.15) is 71.1 Å². The molecule has 4 atom stereocenters. The minimum Gasteiger partial charge on any atom is -0.299 e. The number of nitrogens with zero attached hydrogens (tertiary/aromatic N) is 2. The van der Waals surface area contributed by atoms with Gasteiger partial charge >= 0.3 is 0 Å². The van der Waals surface area contributed by atoms with Gasteiger partial charge in [-0.2, -0.15) is 5.26 Å². The predicted molar refractivity (Wildman–Crippen MR) is 90.6 cm³/mol. The largest absolute Gasteiger partial charge is 0.299 e. The first-order valence-corrected chi connectivity index (χ1v) is 10.0. The number of unbranched alkanes of at least 4 members (excludes halogenated alkanes) is 1. The normalized spacial score (nSPS) is 38.4. The van der Waals surface area contributed by atoms with Crippen LogP contribution in [-0.2, 0) is 4.79 Å². The average molecular weight is 321 g/mol. The highest BCUT2D eigenvalue weighted by Gasteiger charge is 2.58. The molecule has 1 saturated carbocycles. The van der Waals surface area contributed by atoms with E-state index >= 15 is 0 Å². The molecule has 0 N–H and O–H groups in total. The minimum absolute atomic E-state index is 0.159. The van der Waals surface area contributed by atoms with Crippen molar-refractivity contribution >= 4 is 17.5 Å². The first-order valence-electron chi connectivity index (χ1n) is 9.05. The lowest BCUT2D eigenvalue weighted by atomic mass is 9.65. The summed E-state index contributed by atoms with van der Waals surface area (Å²) < 4.78 is 0. The first-order chi connectivity index (χ1) is 10.7. The molecule has 1 spiro atoms. The molecule has 22 heavy (non-hydrogen) atoms. The van der Waals surface area contributed by atoms with Crippen LogP contribution in [0.25, 0.3) is 0 Å². The van der Waals surface area contributed by atoms with Gasteiger partial charge in [0, 0.05) is 35.7 Å². The quantitative estimate of drug-likeness (QED) is 0.715. The van der Waals surface area contributed by atoms with E-state index < -0.39 is 0 Å². The Labute approximate surface area is 138 Å². The molecule has 0 bridgehead atoms. The summed E-state index contributed by atoms with van der Waals surface area (Å²) in [6.07, 6.45) is 11.5. The third-order valence-corrected chi connectivity index (χ3v) is 6.95. The lowest BCUT2D eigenvalue weighted by Gasteiger charge is -2.55. The number of hydrogen-bond donors (Lipinski definition) is 0. The summed E-state index contributed by atoms with van der Waals surface area (Å²) in [6.45, 7) is 2.23. The SMILES string of the molecule is CCCC[C@H]1CC(=O)C2CCCC[C@@]23CC[C@H](CSC#N)N13. The van der Waals surface area contributed by atoms with Crippen LogP contribution in [0.4, 0.5) is 0 Å². The zero-order valence-corrected chi connectivity index (χ0v) is 14.5. The van der Waals surface area contributed by atoms with Crippen molar-refractivity contribution in [1.82, 2.24) is 4.90 Å². The van der Waals surface area contributed by atoms with Gasteiger partial charge in [-0.1, -0.05) is 32.6 Å². The van der Waals surface area contributed by atoms with Crippen LogP contribution in [-0.4, -0.2) is 34.1 Å². The minimum atomic E-state index is 0.159. The first kappa shape index (κ1) is 16.3. The number of carbonyl (C=O) groups excluding carboxylic acids is 1. The highest BCUT2D eigenvalue weighted by molar-refractivity contribution is 8.03. The number of nitriles is 1. The zero-order chi connectivity index (χ0) is 15.6. The highest BCUT2D eigenvalue weighted by atomic mass is 32.2. The lowest BCUT2D eigenvalue weighted by Crippen LogP contribution is -2.64. The molecule has 3 nitrogen and oxygen atoms in total. The molecule has 0 aromatic heterocycles. The summed E-state index contributed by atoms with van der Waals surface area (Å²) in [5.74, 6) is 1.75. The molecule has 0 amide bonds. The Hall–Kier alpha value is -0.530. The number of carbonyl (C=O) groups is 1. The number of thioether (sulfide) groups is 1. The number of ketones is 1. The Morgan fingerprint density at radius 1 is 1.32 bits per heavy atom. The van der Waals surface area contributed by atoms with Crippen molar-refractivity contribution in [2.75, 3.05) is 5.75 Å². The highest BCUT2D eigenvalue weighted by Crippen LogP contribution is 2.53. The van der Waals surface area contributed by atoms with Crippen molar-refractivity contribution in [3.8, 4) is 5.40 Å². The molecule has 122 valence electrons. The topological polar surface area (TPSA) is 44.1 Å². The standard InChI is InChI=1S/C18H28N2OS/c1-2-3-6-14-11-17(21)16-7-4-5-9-18(16)10-8-15(20(14)18)12-22-13-19/h14-16H,2-12H2,1H3/t14-,15+,16?,18+/m0/s1. The summed E-state index contributed by atoms with van der Waals surface area (Å²) in [4.78, 5) is 15.5. The molecular weight excluding hydrogens is 292 g/mol. The lowest BCUT2D eigenvalue weighted by molar-refractivity contribution is -0.142. The maximum atomic E-state index is 12.8. The van der Waals surface area contributed by atoms with Crippen molar-refractivity contribution in [3.05, 3.63) is 0 Å². The molecule has 0 radical (unpaired) electrons. The molecular formula is C18H28N2OS. The summed E-state index contributed by atoms with van der Waals surface area (Å²) in [6, 6.07) is 0.953. The van der Waals surface area contributed by atoms with Crippen molar-refractivity contribution in [2.24, 2.45) is 5.92 Å². The smallest absolute Gasteiger partial charge is 0.139 e. The van der Waals surface area contributed by atoms with Crippen molar-refractivity contribution in [1.29, 1.82) is 5.26 Å². The Bertz CT molecular complexity index is 460. The Balaban J connectivity index is 1.87. The van der Waals surface area contributed by atoms with Gasteiger partial charge in [-0.15, -0.1) is 0 Å². The molecule has 3 aliphatic rings. The molecule has 1 unspecified atom stereocenters. The van der Waals surface area contributed by atoms with Crippen molar-refractivity contribution < 1.29 is 4.79 Å². The average Bonchev–Trinajstić information content (AvgIpc) is 2.89. The van der Waals surface area contributed by atoms with Crippen LogP contribution in [0.15, 0.2) is 0 Å². The predicted octanol–water partition coefficient (Wildman–Crippen LogP) is 4.13. The van der Waals surface area contributed by atoms with Gasteiger partial charge in [0.25, 0.3) is 0 Å². The zero-order valence-electron chi connectivity index (χ0n) is 13.7. The van der Waals surface area contributed by atoms with Gasteiger partial charge < -0.3 is 0 Å². The second-order valence-corrected chi connectivity index (χ2v) is 8.18. The second kappa shape index (κ2) is 6.93. The van der Waals surface area contributed by atoms with Crippen LogP contribution < -0.4 is 0 Å². The van der Waals surface area contributed by atoms with Crippen LogP contribution in [0.3, 0.4) is 0 Å². The molecule has 4 heteroatoms. The molecule has 2 heterocycles. The van der Waals surface area contributed by atoms with Gasteiger partial charge in [-0.05, 0) is 43.9 Å². The van der Waals surface area contributed by atoms with E-state index in [-0.39, 0.29) is 11.5 Å². The molecule has 0 aromatic carbocycles. The van der Waals surface area contributed by atoms with Gasteiger partial charge in [0.05, 0.1) is 0 Å². The number of piperidine rings is 1. The number of rotatable bonds is 5. The van der Waals surface area contributed by atoms with E-state index in [1.807, 2.05) is 0 Å². The fourth-order valence-corrected chi connectivity index (χ4v) is 6.05. The van der Waals surface area contributed by atoms with Gasteiger partial charge in [-0.3, -0.25) is 9.69 Å².